The Morgan fingerprint density at radius 2 is 2.04 bits per heavy atom. The van der Waals surface area contributed by atoms with E-state index in [0.717, 1.165) is 20.7 Å². The average molecular weight is 343 g/mol. The SMILES string of the molecule is COc1ccccc1NC(=O)COc1ncnc2sc(C)c(C)c12. The molecule has 0 bridgehead atoms. The number of rotatable bonds is 5. The molecule has 1 aromatic carbocycles. The van der Waals surface area contributed by atoms with Gasteiger partial charge in [-0.15, -0.1) is 11.3 Å². The first kappa shape index (κ1) is 16.2. The second kappa shape index (κ2) is 6.84. The number of thiophene rings is 1. The van der Waals surface area contributed by atoms with Crippen LogP contribution >= 0.6 is 11.3 Å². The number of fused-ring (bicyclic) bond motifs is 1. The molecule has 0 aliphatic heterocycles. The van der Waals surface area contributed by atoms with Gasteiger partial charge in [0, 0.05) is 4.88 Å². The van der Waals surface area contributed by atoms with Crippen LogP contribution in [0.4, 0.5) is 5.69 Å². The number of para-hydroxylation sites is 2. The Balaban J connectivity index is 1.73. The van der Waals surface area contributed by atoms with Crippen LogP contribution in [0.15, 0.2) is 30.6 Å². The number of aromatic nitrogens is 2. The van der Waals surface area contributed by atoms with Crippen LogP contribution < -0.4 is 14.8 Å². The lowest BCUT2D eigenvalue weighted by Crippen LogP contribution is -2.21. The Hall–Kier alpha value is -2.67. The molecular formula is C17H17N3O3S. The summed E-state index contributed by atoms with van der Waals surface area (Å²) < 4.78 is 10.8. The quantitative estimate of drug-likeness (QED) is 0.769. The number of methoxy groups -OCH3 is 1. The molecule has 0 aliphatic rings. The summed E-state index contributed by atoms with van der Waals surface area (Å²) in [6.45, 7) is 3.89. The van der Waals surface area contributed by atoms with Crippen LogP contribution in [-0.4, -0.2) is 29.6 Å². The third-order valence-electron chi connectivity index (χ3n) is 3.65. The lowest BCUT2D eigenvalue weighted by molar-refractivity contribution is -0.118. The molecule has 0 radical (unpaired) electrons. The molecule has 124 valence electrons. The summed E-state index contributed by atoms with van der Waals surface area (Å²) in [5.74, 6) is 0.743. The summed E-state index contributed by atoms with van der Waals surface area (Å²) in [6.07, 6.45) is 1.45. The van der Waals surface area contributed by atoms with Crippen LogP contribution in [0.3, 0.4) is 0 Å². The van der Waals surface area contributed by atoms with E-state index in [1.54, 1.807) is 30.6 Å². The molecule has 1 amide bonds. The van der Waals surface area contributed by atoms with Crippen LogP contribution in [0.25, 0.3) is 10.2 Å². The number of anilines is 1. The number of aryl methyl sites for hydroxylation is 2. The van der Waals surface area contributed by atoms with E-state index in [4.69, 9.17) is 9.47 Å². The Bertz CT molecular complexity index is 892. The third kappa shape index (κ3) is 3.16. The van der Waals surface area contributed by atoms with E-state index in [0.29, 0.717) is 17.3 Å². The summed E-state index contributed by atoms with van der Waals surface area (Å²) in [5, 5.41) is 3.64. The summed E-state index contributed by atoms with van der Waals surface area (Å²) in [4.78, 5) is 22.6. The van der Waals surface area contributed by atoms with E-state index >= 15 is 0 Å². The third-order valence-corrected chi connectivity index (χ3v) is 4.77. The fourth-order valence-corrected chi connectivity index (χ4v) is 3.32. The molecule has 3 aromatic rings. The van der Waals surface area contributed by atoms with Gasteiger partial charge in [0.2, 0.25) is 5.88 Å². The van der Waals surface area contributed by atoms with Crippen LogP contribution in [0.2, 0.25) is 0 Å². The van der Waals surface area contributed by atoms with Crippen molar-refractivity contribution < 1.29 is 14.3 Å². The Labute approximate surface area is 143 Å². The minimum Gasteiger partial charge on any atom is -0.495 e. The van der Waals surface area contributed by atoms with Crippen LogP contribution in [-0.2, 0) is 4.79 Å². The molecule has 7 heteroatoms. The summed E-state index contributed by atoms with van der Waals surface area (Å²) in [6, 6.07) is 7.21. The van der Waals surface area contributed by atoms with Gasteiger partial charge in [0.05, 0.1) is 18.2 Å². The summed E-state index contributed by atoms with van der Waals surface area (Å²) >= 11 is 1.59. The maximum absolute atomic E-state index is 12.1. The number of hydrogen-bond donors (Lipinski definition) is 1. The van der Waals surface area contributed by atoms with Gasteiger partial charge < -0.3 is 14.8 Å². The van der Waals surface area contributed by atoms with E-state index in [1.165, 1.54) is 6.33 Å². The predicted octanol–water partition coefficient (Wildman–Crippen LogP) is 3.33. The van der Waals surface area contributed by atoms with Gasteiger partial charge in [-0.05, 0) is 31.5 Å². The monoisotopic (exact) mass is 343 g/mol. The maximum atomic E-state index is 12.1. The van der Waals surface area contributed by atoms with Gasteiger partial charge in [0.15, 0.2) is 6.61 Å². The fourth-order valence-electron chi connectivity index (χ4n) is 2.33. The predicted molar refractivity (Wildman–Crippen MR) is 94.0 cm³/mol. The highest BCUT2D eigenvalue weighted by molar-refractivity contribution is 7.18. The highest BCUT2D eigenvalue weighted by atomic mass is 32.1. The first-order chi connectivity index (χ1) is 11.6. The van der Waals surface area contributed by atoms with E-state index in [-0.39, 0.29) is 12.5 Å². The Kier molecular flexibility index (Phi) is 4.61. The maximum Gasteiger partial charge on any atom is 0.262 e. The van der Waals surface area contributed by atoms with Crippen LogP contribution in [0.5, 0.6) is 11.6 Å². The van der Waals surface area contributed by atoms with Crippen molar-refractivity contribution in [2.45, 2.75) is 13.8 Å². The number of hydrogen-bond acceptors (Lipinski definition) is 6. The van der Waals surface area contributed by atoms with Crippen molar-refractivity contribution in [2.24, 2.45) is 0 Å². The van der Waals surface area contributed by atoms with Gasteiger partial charge in [0.1, 0.15) is 16.9 Å². The largest absolute Gasteiger partial charge is 0.495 e. The normalized spacial score (nSPS) is 10.6. The molecule has 0 aliphatic carbocycles. The first-order valence-corrected chi connectivity index (χ1v) is 8.18. The van der Waals surface area contributed by atoms with Gasteiger partial charge in [-0.25, -0.2) is 9.97 Å². The lowest BCUT2D eigenvalue weighted by Gasteiger charge is -2.10. The topological polar surface area (TPSA) is 73.3 Å². The van der Waals surface area contributed by atoms with Gasteiger partial charge in [-0.3, -0.25) is 4.79 Å². The molecule has 0 saturated carbocycles. The number of nitrogens with zero attached hydrogens (tertiary/aromatic N) is 2. The number of carbonyl (C=O) groups is 1. The molecule has 0 unspecified atom stereocenters. The fraction of sp³-hybridized carbons (Fsp3) is 0.235. The van der Waals surface area contributed by atoms with E-state index in [9.17, 15) is 4.79 Å². The number of carbonyl (C=O) groups excluding carboxylic acids is 1. The first-order valence-electron chi connectivity index (χ1n) is 7.36. The van der Waals surface area contributed by atoms with Crippen molar-refractivity contribution in [1.82, 2.24) is 9.97 Å². The van der Waals surface area contributed by atoms with Crippen molar-refractivity contribution in [3.8, 4) is 11.6 Å². The number of amides is 1. The van der Waals surface area contributed by atoms with Gasteiger partial charge >= 0.3 is 0 Å². The van der Waals surface area contributed by atoms with Crippen molar-refractivity contribution in [3.05, 3.63) is 41.0 Å². The minimum atomic E-state index is -0.282. The van der Waals surface area contributed by atoms with E-state index in [1.807, 2.05) is 26.0 Å². The molecule has 3 rings (SSSR count). The molecule has 0 atom stereocenters. The smallest absolute Gasteiger partial charge is 0.262 e. The average Bonchev–Trinajstić information content (AvgIpc) is 2.88. The van der Waals surface area contributed by atoms with Crippen molar-refractivity contribution in [1.29, 1.82) is 0 Å². The lowest BCUT2D eigenvalue weighted by atomic mass is 10.2. The zero-order valence-corrected chi connectivity index (χ0v) is 14.4. The molecule has 0 spiro atoms. The Morgan fingerprint density at radius 1 is 1.25 bits per heavy atom. The molecule has 6 nitrogen and oxygen atoms in total. The van der Waals surface area contributed by atoms with Crippen molar-refractivity contribution >= 4 is 33.1 Å². The molecule has 2 aromatic heterocycles. The number of nitrogens with one attached hydrogen (secondary N) is 1. The number of benzene rings is 1. The minimum absolute atomic E-state index is 0.140. The second-order valence-corrected chi connectivity index (χ2v) is 6.38. The summed E-state index contributed by atoms with van der Waals surface area (Å²) in [7, 11) is 1.56. The summed E-state index contributed by atoms with van der Waals surface area (Å²) in [5.41, 5.74) is 1.68. The molecule has 2 heterocycles. The second-order valence-electron chi connectivity index (χ2n) is 5.18. The van der Waals surface area contributed by atoms with Gasteiger partial charge in [0.25, 0.3) is 5.91 Å². The van der Waals surface area contributed by atoms with Gasteiger partial charge in [-0.2, -0.15) is 0 Å². The van der Waals surface area contributed by atoms with E-state index < -0.39 is 0 Å². The molecule has 24 heavy (non-hydrogen) atoms. The molecular weight excluding hydrogens is 326 g/mol. The van der Waals surface area contributed by atoms with Gasteiger partial charge in [-0.1, -0.05) is 12.1 Å². The molecule has 0 fully saturated rings. The van der Waals surface area contributed by atoms with Crippen molar-refractivity contribution in [2.75, 3.05) is 19.0 Å². The van der Waals surface area contributed by atoms with Crippen LogP contribution in [0, 0.1) is 13.8 Å². The van der Waals surface area contributed by atoms with Crippen LogP contribution in [0.1, 0.15) is 10.4 Å². The zero-order chi connectivity index (χ0) is 17.1. The standard InChI is InChI=1S/C17H17N3O3S/c1-10-11(2)24-17-15(10)16(18-9-19-17)23-8-14(21)20-12-6-4-5-7-13(12)22-3/h4-7,9H,8H2,1-3H3,(H,20,21). The van der Waals surface area contributed by atoms with Crippen molar-refractivity contribution in [3.63, 3.8) is 0 Å². The molecule has 0 saturated heterocycles. The zero-order valence-electron chi connectivity index (χ0n) is 13.6. The van der Waals surface area contributed by atoms with E-state index in [2.05, 4.69) is 15.3 Å². The highest BCUT2D eigenvalue weighted by Crippen LogP contribution is 2.33. The molecule has 1 N–H and O–H groups in total. The number of ether oxygens (including phenoxy) is 2. The Morgan fingerprint density at radius 3 is 2.83 bits per heavy atom. The highest BCUT2D eigenvalue weighted by Gasteiger charge is 2.14.